The Bertz CT molecular complexity index is 1140. The molecule has 3 aromatic rings. The monoisotopic (exact) mass is 405 g/mol. The molecule has 1 aromatic heterocycles. The van der Waals surface area contributed by atoms with Crippen LogP contribution in [0.3, 0.4) is 0 Å². The topological polar surface area (TPSA) is 84.0 Å². The zero-order valence-electron chi connectivity index (χ0n) is 17.0. The highest BCUT2D eigenvalue weighted by Crippen LogP contribution is 2.38. The van der Waals surface area contributed by atoms with Crippen molar-refractivity contribution in [2.45, 2.75) is 50.5 Å². The minimum atomic E-state index is -0.487. The number of aryl methyl sites for hydroxylation is 1. The Hall–Kier alpha value is -3.15. The number of carbonyl (C=O) groups excluding carboxylic acids is 1. The van der Waals surface area contributed by atoms with Gasteiger partial charge in [-0.25, -0.2) is 4.79 Å². The lowest BCUT2D eigenvalue weighted by molar-refractivity contribution is -0.121. The minimum absolute atomic E-state index is 0.0172. The number of rotatable bonds is 6. The standard InChI is InChI=1S/C24H27N3O3/c28-21(13-16-27-20-12-6-5-11-19(20)22(29)26-23(27)30)25-17-24(14-7-2-8-15-24)18-9-3-1-4-10-18/h1,3-6,9-12H,2,7-8,13-17H2,(H,25,28)(H,26,29,30). The molecule has 156 valence electrons. The first-order chi connectivity index (χ1) is 14.6. The third kappa shape index (κ3) is 4.08. The number of hydrogen-bond acceptors (Lipinski definition) is 3. The van der Waals surface area contributed by atoms with Crippen molar-refractivity contribution in [2.75, 3.05) is 6.54 Å². The van der Waals surface area contributed by atoms with Gasteiger partial charge in [0, 0.05) is 24.9 Å². The summed E-state index contributed by atoms with van der Waals surface area (Å²) in [6.07, 6.45) is 5.90. The average Bonchev–Trinajstić information content (AvgIpc) is 2.79. The Morgan fingerprint density at radius 1 is 0.967 bits per heavy atom. The molecule has 30 heavy (non-hydrogen) atoms. The van der Waals surface area contributed by atoms with Crippen LogP contribution in [0.25, 0.3) is 10.9 Å². The van der Waals surface area contributed by atoms with Crippen LogP contribution in [0.1, 0.15) is 44.1 Å². The summed E-state index contributed by atoms with van der Waals surface area (Å²) < 4.78 is 1.46. The fourth-order valence-corrected chi connectivity index (χ4v) is 4.62. The highest BCUT2D eigenvalue weighted by Gasteiger charge is 2.34. The van der Waals surface area contributed by atoms with E-state index in [-0.39, 0.29) is 24.3 Å². The number of benzene rings is 2. The number of nitrogens with zero attached hydrogens (tertiary/aromatic N) is 1. The Balaban J connectivity index is 1.46. The lowest BCUT2D eigenvalue weighted by atomic mass is 9.69. The Morgan fingerprint density at radius 3 is 2.43 bits per heavy atom. The number of hydrogen-bond donors (Lipinski definition) is 2. The van der Waals surface area contributed by atoms with Crippen molar-refractivity contribution in [3.63, 3.8) is 0 Å². The Morgan fingerprint density at radius 2 is 1.67 bits per heavy atom. The smallest absolute Gasteiger partial charge is 0.328 e. The molecule has 0 atom stereocenters. The van der Waals surface area contributed by atoms with E-state index in [1.54, 1.807) is 24.3 Å². The second kappa shape index (κ2) is 8.69. The van der Waals surface area contributed by atoms with Crippen LogP contribution in [0.5, 0.6) is 0 Å². The lowest BCUT2D eigenvalue weighted by Gasteiger charge is -2.38. The van der Waals surface area contributed by atoms with Gasteiger partial charge >= 0.3 is 5.69 Å². The number of para-hydroxylation sites is 1. The second-order valence-corrected chi connectivity index (χ2v) is 8.16. The molecule has 2 aromatic carbocycles. The van der Waals surface area contributed by atoms with Gasteiger partial charge < -0.3 is 5.32 Å². The predicted octanol–water partition coefficient (Wildman–Crippen LogP) is 3.10. The molecule has 0 aliphatic heterocycles. The quantitative estimate of drug-likeness (QED) is 0.661. The molecule has 6 heteroatoms. The van der Waals surface area contributed by atoms with Gasteiger partial charge in [-0.1, -0.05) is 61.7 Å². The zero-order valence-corrected chi connectivity index (χ0v) is 17.0. The van der Waals surface area contributed by atoms with Crippen molar-refractivity contribution in [3.8, 4) is 0 Å². The minimum Gasteiger partial charge on any atom is -0.355 e. The molecule has 4 rings (SSSR count). The average molecular weight is 405 g/mol. The van der Waals surface area contributed by atoms with E-state index in [1.165, 1.54) is 29.4 Å². The first-order valence-corrected chi connectivity index (χ1v) is 10.6. The SMILES string of the molecule is O=C(CCn1c(=O)[nH]c(=O)c2ccccc21)NCC1(c2ccccc2)CCCCC1. The van der Waals surface area contributed by atoms with Gasteiger partial charge in [0.2, 0.25) is 5.91 Å². The van der Waals surface area contributed by atoms with Crippen LogP contribution < -0.4 is 16.6 Å². The number of amides is 1. The van der Waals surface area contributed by atoms with Crippen LogP contribution in [0.2, 0.25) is 0 Å². The number of aromatic amines is 1. The van der Waals surface area contributed by atoms with Gasteiger partial charge in [-0.2, -0.15) is 0 Å². The summed E-state index contributed by atoms with van der Waals surface area (Å²) in [5.41, 5.74) is 0.925. The maximum atomic E-state index is 12.6. The van der Waals surface area contributed by atoms with Crippen LogP contribution in [0, 0.1) is 0 Å². The summed E-state index contributed by atoms with van der Waals surface area (Å²) in [6.45, 7) is 0.831. The third-order valence-corrected chi connectivity index (χ3v) is 6.29. The summed E-state index contributed by atoms with van der Waals surface area (Å²) in [6, 6.07) is 17.4. The summed E-state index contributed by atoms with van der Waals surface area (Å²) in [5, 5.41) is 3.56. The fraction of sp³-hybridized carbons (Fsp3) is 0.375. The number of H-pyrrole nitrogens is 1. The van der Waals surface area contributed by atoms with Gasteiger partial charge in [-0.05, 0) is 30.5 Å². The van der Waals surface area contributed by atoms with Crippen LogP contribution in [0.15, 0.2) is 64.2 Å². The third-order valence-electron chi connectivity index (χ3n) is 6.29. The van der Waals surface area contributed by atoms with Gasteiger partial charge in [0.05, 0.1) is 10.9 Å². The van der Waals surface area contributed by atoms with Gasteiger partial charge in [-0.3, -0.25) is 19.1 Å². The lowest BCUT2D eigenvalue weighted by Crippen LogP contribution is -2.42. The molecule has 0 saturated heterocycles. The first-order valence-electron chi connectivity index (χ1n) is 10.6. The second-order valence-electron chi connectivity index (χ2n) is 8.16. The predicted molar refractivity (Wildman–Crippen MR) is 118 cm³/mol. The normalized spacial score (nSPS) is 15.7. The van der Waals surface area contributed by atoms with Crippen molar-refractivity contribution in [2.24, 2.45) is 0 Å². The zero-order chi connectivity index (χ0) is 21.0. The van der Waals surface area contributed by atoms with E-state index in [4.69, 9.17) is 0 Å². The highest BCUT2D eigenvalue weighted by atomic mass is 16.2. The number of nitrogens with one attached hydrogen (secondary N) is 2. The molecule has 0 unspecified atom stereocenters. The largest absolute Gasteiger partial charge is 0.355 e. The van der Waals surface area contributed by atoms with Crippen molar-refractivity contribution in [1.29, 1.82) is 0 Å². The molecule has 1 heterocycles. The van der Waals surface area contributed by atoms with E-state index in [0.717, 1.165) is 12.8 Å². The van der Waals surface area contributed by atoms with Crippen molar-refractivity contribution in [3.05, 3.63) is 81.0 Å². The number of aromatic nitrogens is 2. The molecule has 1 aliphatic carbocycles. The molecule has 0 bridgehead atoms. The van der Waals surface area contributed by atoms with Gasteiger partial charge in [0.15, 0.2) is 0 Å². The Labute approximate surface area is 174 Å². The molecule has 1 fully saturated rings. The van der Waals surface area contributed by atoms with Crippen molar-refractivity contribution >= 4 is 16.8 Å². The van der Waals surface area contributed by atoms with E-state index in [1.807, 2.05) is 6.07 Å². The van der Waals surface area contributed by atoms with E-state index < -0.39 is 11.2 Å². The molecular formula is C24H27N3O3. The Kier molecular flexibility index (Phi) is 5.84. The highest BCUT2D eigenvalue weighted by molar-refractivity contribution is 5.78. The molecule has 1 amide bonds. The van der Waals surface area contributed by atoms with Crippen molar-refractivity contribution < 1.29 is 4.79 Å². The summed E-state index contributed by atoms with van der Waals surface area (Å²) in [5.74, 6) is -0.0851. The van der Waals surface area contributed by atoms with Gasteiger partial charge in [-0.15, -0.1) is 0 Å². The van der Waals surface area contributed by atoms with Gasteiger partial charge in [0.25, 0.3) is 5.56 Å². The maximum Gasteiger partial charge on any atom is 0.328 e. The number of carbonyl (C=O) groups is 1. The molecule has 1 saturated carbocycles. The van der Waals surface area contributed by atoms with Crippen molar-refractivity contribution in [1.82, 2.24) is 14.9 Å². The van der Waals surface area contributed by atoms with Crippen LogP contribution in [-0.4, -0.2) is 22.0 Å². The fourth-order valence-electron chi connectivity index (χ4n) is 4.62. The van der Waals surface area contributed by atoms with E-state index in [9.17, 15) is 14.4 Å². The van der Waals surface area contributed by atoms with E-state index in [2.05, 4.69) is 34.6 Å². The van der Waals surface area contributed by atoms with Crippen LogP contribution in [0.4, 0.5) is 0 Å². The molecule has 6 nitrogen and oxygen atoms in total. The summed E-state index contributed by atoms with van der Waals surface area (Å²) in [4.78, 5) is 39.3. The summed E-state index contributed by atoms with van der Waals surface area (Å²) >= 11 is 0. The maximum absolute atomic E-state index is 12.6. The van der Waals surface area contributed by atoms with E-state index in [0.29, 0.717) is 17.4 Å². The van der Waals surface area contributed by atoms with Crippen LogP contribution in [-0.2, 0) is 16.8 Å². The molecular weight excluding hydrogens is 378 g/mol. The summed E-state index contributed by atoms with van der Waals surface area (Å²) in [7, 11) is 0. The molecule has 0 spiro atoms. The molecule has 2 N–H and O–H groups in total. The van der Waals surface area contributed by atoms with E-state index >= 15 is 0 Å². The van der Waals surface area contributed by atoms with Crippen LogP contribution >= 0.6 is 0 Å². The molecule has 0 radical (unpaired) electrons. The number of fused-ring (bicyclic) bond motifs is 1. The molecule has 1 aliphatic rings. The van der Waals surface area contributed by atoms with Gasteiger partial charge in [0.1, 0.15) is 0 Å². The first kappa shape index (κ1) is 20.1.